The van der Waals surface area contributed by atoms with Crippen molar-refractivity contribution in [2.45, 2.75) is 29.1 Å². The summed E-state index contributed by atoms with van der Waals surface area (Å²) in [5.74, 6) is -0.151. The lowest BCUT2D eigenvalue weighted by Gasteiger charge is -2.22. The van der Waals surface area contributed by atoms with Crippen LogP contribution in [0.5, 0.6) is 0 Å². The van der Waals surface area contributed by atoms with Crippen molar-refractivity contribution < 1.29 is 13.2 Å². The van der Waals surface area contributed by atoms with E-state index >= 15 is 0 Å². The number of benzene rings is 2. The first kappa shape index (κ1) is 18.2. The lowest BCUT2D eigenvalue weighted by atomic mass is 9.94. The first-order valence-electron chi connectivity index (χ1n) is 8.12. The summed E-state index contributed by atoms with van der Waals surface area (Å²) in [6.45, 7) is 2.37. The number of amides is 1. The van der Waals surface area contributed by atoms with E-state index in [0.29, 0.717) is 6.42 Å². The number of nitrogens with one attached hydrogen (secondary N) is 1. The highest BCUT2D eigenvalue weighted by molar-refractivity contribution is 9.10. The highest BCUT2D eigenvalue weighted by atomic mass is 79.9. The van der Waals surface area contributed by atoms with Gasteiger partial charge < -0.3 is 5.32 Å². The molecule has 0 spiro atoms. The van der Waals surface area contributed by atoms with Crippen LogP contribution in [0.3, 0.4) is 0 Å². The molecule has 2 aromatic carbocycles. The lowest BCUT2D eigenvalue weighted by Crippen LogP contribution is -2.34. The van der Waals surface area contributed by atoms with Gasteiger partial charge in [0.25, 0.3) is 0 Å². The van der Waals surface area contributed by atoms with Gasteiger partial charge in [-0.25, -0.2) is 8.42 Å². The van der Waals surface area contributed by atoms with Gasteiger partial charge in [-0.1, -0.05) is 49.6 Å². The number of carbonyl (C=O) groups excluding carboxylic acids is 1. The zero-order chi connectivity index (χ0) is 18.7. The highest BCUT2D eigenvalue weighted by Gasteiger charge is 2.49. The summed E-state index contributed by atoms with van der Waals surface area (Å²) in [5, 5.41) is 2.89. The van der Waals surface area contributed by atoms with E-state index in [1.807, 2.05) is 19.1 Å². The van der Waals surface area contributed by atoms with Crippen LogP contribution in [0.15, 0.2) is 45.8 Å². The van der Waals surface area contributed by atoms with E-state index in [0.717, 1.165) is 26.9 Å². The Hall–Kier alpha value is -1.22. The number of halogens is 2. The van der Waals surface area contributed by atoms with Crippen LogP contribution in [0.1, 0.15) is 23.1 Å². The van der Waals surface area contributed by atoms with Crippen LogP contribution in [0.25, 0.3) is 0 Å². The van der Waals surface area contributed by atoms with Gasteiger partial charge in [-0.15, -0.1) is 0 Å². The molecule has 1 N–H and O–H groups in total. The third kappa shape index (κ3) is 2.66. The fourth-order valence-electron chi connectivity index (χ4n) is 3.51. The Bertz CT molecular complexity index is 1020. The van der Waals surface area contributed by atoms with E-state index in [9.17, 15) is 13.2 Å². The molecule has 2 heterocycles. The number of hydrogen-bond acceptors (Lipinski definition) is 3. The molecule has 26 heavy (non-hydrogen) atoms. The Kier molecular flexibility index (Phi) is 4.30. The fraction of sp³-hybridized carbons (Fsp3) is 0.278. The molecule has 0 bridgehead atoms. The summed E-state index contributed by atoms with van der Waals surface area (Å²) in [6, 6.07) is 10.5. The van der Waals surface area contributed by atoms with E-state index in [1.54, 1.807) is 24.3 Å². The second-order valence-electron chi connectivity index (χ2n) is 6.61. The third-order valence-corrected chi connectivity index (χ3v) is 8.71. The fourth-order valence-corrected chi connectivity index (χ4v) is 6.10. The molecule has 0 saturated carbocycles. The van der Waals surface area contributed by atoms with E-state index in [1.165, 1.54) is 4.31 Å². The molecule has 0 saturated heterocycles. The summed E-state index contributed by atoms with van der Waals surface area (Å²) < 4.78 is 27.7. The Morgan fingerprint density at radius 2 is 1.85 bits per heavy atom. The molecule has 0 aromatic heterocycles. The average Bonchev–Trinajstić information content (AvgIpc) is 2.75. The van der Waals surface area contributed by atoms with Crippen molar-refractivity contribution >= 4 is 53.5 Å². The minimum absolute atomic E-state index is 0.151. The first-order valence-corrected chi connectivity index (χ1v) is 11.1. The molecule has 1 unspecified atom stereocenters. The van der Waals surface area contributed by atoms with Gasteiger partial charge in [0.1, 0.15) is 4.32 Å². The van der Waals surface area contributed by atoms with Crippen molar-refractivity contribution in [2.24, 2.45) is 0 Å². The topological polar surface area (TPSA) is 66.5 Å². The van der Waals surface area contributed by atoms with Crippen LogP contribution in [-0.4, -0.2) is 25.2 Å². The van der Waals surface area contributed by atoms with Gasteiger partial charge >= 0.3 is 0 Å². The summed E-state index contributed by atoms with van der Waals surface area (Å²) in [4.78, 5) is 12.8. The van der Waals surface area contributed by atoms with Crippen LogP contribution in [0.2, 0.25) is 0 Å². The maximum atomic E-state index is 13.2. The Morgan fingerprint density at radius 3 is 2.54 bits per heavy atom. The first-order chi connectivity index (χ1) is 12.2. The van der Waals surface area contributed by atoms with E-state index in [-0.39, 0.29) is 23.9 Å². The highest BCUT2D eigenvalue weighted by Crippen LogP contribution is 2.50. The number of sulfonamides is 1. The molecule has 0 aliphatic carbocycles. The predicted octanol–water partition coefficient (Wildman–Crippen LogP) is 3.89. The summed E-state index contributed by atoms with van der Waals surface area (Å²) in [7, 11) is -3.66. The molecule has 0 radical (unpaired) electrons. The van der Waals surface area contributed by atoms with Crippen molar-refractivity contribution in [2.75, 3.05) is 11.9 Å². The second-order valence-corrected chi connectivity index (χ2v) is 10.8. The maximum absolute atomic E-state index is 13.2. The molecule has 1 atom stereocenters. The van der Waals surface area contributed by atoms with E-state index in [4.69, 9.17) is 0 Å². The van der Waals surface area contributed by atoms with Crippen LogP contribution in [0.4, 0.5) is 5.69 Å². The van der Waals surface area contributed by atoms with Gasteiger partial charge in [0, 0.05) is 28.8 Å². The standard InChI is InChI=1S/C18H16Br2N2O3S/c1-11-2-4-12(5-3-11)26(24,25)22-9-8-18(20)16-13(10-22)14(19)6-7-15(16)21-17(18)23/h2-7H,8-10H2,1H3,(H,21,23). The predicted molar refractivity (Wildman–Crippen MR) is 107 cm³/mol. The van der Waals surface area contributed by atoms with Gasteiger partial charge in [0.2, 0.25) is 15.9 Å². The Labute approximate surface area is 169 Å². The quantitative estimate of drug-likeness (QED) is 0.637. The lowest BCUT2D eigenvalue weighted by molar-refractivity contribution is -0.118. The van der Waals surface area contributed by atoms with Crippen molar-refractivity contribution in [3.05, 3.63) is 57.6 Å². The smallest absolute Gasteiger partial charge is 0.245 e. The van der Waals surface area contributed by atoms with Crippen molar-refractivity contribution in [1.82, 2.24) is 4.31 Å². The monoisotopic (exact) mass is 498 g/mol. The van der Waals surface area contributed by atoms with Crippen molar-refractivity contribution in [3.63, 3.8) is 0 Å². The number of nitrogens with zero attached hydrogens (tertiary/aromatic N) is 1. The molecule has 2 aliphatic heterocycles. The third-order valence-electron chi connectivity index (χ3n) is 4.96. The van der Waals surface area contributed by atoms with Crippen molar-refractivity contribution in [3.8, 4) is 0 Å². The molecular weight excluding hydrogens is 484 g/mol. The largest absolute Gasteiger partial charge is 0.324 e. The summed E-state index contributed by atoms with van der Waals surface area (Å²) >= 11 is 7.13. The number of rotatable bonds is 2. The van der Waals surface area contributed by atoms with E-state index < -0.39 is 14.3 Å². The molecule has 8 heteroatoms. The zero-order valence-corrected chi connectivity index (χ0v) is 17.9. The average molecular weight is 500 g/mol. The molecule has 2 aliphatic rings. The van der Waals surface area contributed by atoms with Gasteiger partial charge in [-0.2, -0.15) is 4.31 Å². The van der Waals surface area contributed by atoms with Crippen molar-refractivity contribution in [1.29, 1.82) is 0 Å². The van der Waals surface area contributed by atoms with Crippen LogP contribution in [0, 0.1) is 6.92 Å². The number of aryl methyl sites for hydroxylation is 1. The number of carbonyl (C=O) groups is 1. The minimum atomic E-state index is -3.66. The number of anilines is 1. The Balaban J connectivity index is 1.82. The summed E-state index contributed by atoms with van der Waals surface area (Å²) in [6.07, 6.45) is 0.361. The van der Waals surface area contributed by atoms with Crippen LogP contribution < -0.4 is 5.32 Å². The molecule has 2 aromatic rings. The number of hydrogen-bond donors (Lipinski definition) is 1. The Morgan fingerprint density at radius 1 is 1.15 bits per heavy atom. The normalized spacial score (nSPS) is 22.7. The van der Waals surface area contributed by atoms with Gasteiger partial charge in [-0.3, -0.25) is 4.79 Å². The van der Waals surface area contributed by atoms with Gasteiger partial charge in [0.05, 0.1) is 4.90 Å². The van der Waals surface area contributed by atoms with E-state index in [2.05, 4.69) is 37.2 Å². The van der Waals surface area contributed by atoms with Crippen LogP contribution in [-0.2, 0) is 25.7 Å². The molecule has 1 amide bonds. The molecule has 136 valence electrons. The van der Waals surface area contributed by atoms with Gasteiger partial charge in [0.15, 0.2) is 0 Å². The molecule has 0 fully saturated rings. The second kappa shape index (κ2) is 6.15. The zero-order valence-electron chi connectivity index (χ0n) is 13.9. The molecule has 5 nitrogen and oxygen atoms in total. The minimum Gasteiger partial charge on any atom is -0.324 e. The van der Waals surface area contributed by atoms with Crippen LogP contribution >= 0.6 is 31.9 Å². The number of alkyl halides is 1. The summed E-state index contributed by atoms with van der Waals surface area (Å²) in [5.41, 5.74) is 3.38. The molecular formula is C18H16Br2N2O3S. The SMILES string of the molecule is Cc1ccc(S(=O)(=O)N2CCC3(Br)C(=O)Nc4ccc(Br)c(c43)C2)cc1. The van der Waals surface area contributed by atoms with Gasteiger partial charge in [-0.05, 0) is 43.2 Å². The molecule has 4 rings (SSSR count). The maximum Gasteiger partial charge on any atom is 0.245 e.